The summed E-state index contributed by atoms with van der Waals surface area (Å²) in [6.45, 7) is 2.92. The third-order valence-corrected chi connectivity index (χ3v) is 5.94. The molecule has 1 amide bonds. The number of hydrogen-bond donors (Lipinski definition) is 1. The van der Waals surface area contributed by atoms with E-state index in [9.17, 15) is 4.79 Å². The fourth-order valence-corrected chi connectivity index (χ4v) is 4.37. The zero-order valence-electron chi connectivity index (χ0n) is 12.3. The highest BCUT2D eigenvalue weighted by Crippen LogP contribution is 2.28. The molecule has 1 aromatic heterocycles. The molecule has 1 aromatic carbocycles. The van der Waals surface area contributed by atoms with Gasteiger partial charge in [-0.15, -0.1) is 11.3 Å². The maximum absolute atomic E-state index is 12.4. The molecule has 0 bridgehead atoms. The minimum absolute atomic E-state index is 0.0192. The molecule has 0 saturated carbocycles. The summed E-state index contributed by atoms with van der Waals surface area (Å²) < 4.78 is 0.992. The lowest BCUT2D eigenvalue weighted by atomic mass is 10.2. The summed E-state index contributed by atoms with van der Waals surface area (Å²) in [7, 11) is 0. The third-order valence-electron chi connectivity index (χ3n) is 4.03. The van der Waals surface area contributed by atoms with Gasteiger partial charge in [0, 0.05) is 15.0 Å². The first-order valence-electron chi connectivity index (χ1n) is 7.56. The molecule has 116 valence electrons. The first kappa shape index (κ1) is 16.0. The van der Waals surface area contributed by atoms with E-state index in [1.54, 1.807) is 11.3 Å². The predicted molar refractivity (Wildman–Crippen MR) is 99.4 cm³/mol. The standard InChI is InChI=1S/C17H19IN2OS/c18-14-7-2-1-6-13(14)17(21)19-12-15(16-8-5-11-22-16)20-9-3-4-10-20/h1-2,5-8,11,15H,3-4,9-10,12H2,(H,19,21). The van der Waals surface area contributed by atoms with E-state index in [1.165, 1.54) is 17.7 Å². The van der Waals surface area contributed by atoms with Crippen molar-refractivity contribution < 1.29 is 4.79 Å². The van der Waals surface area contributed by atoms with E-state index in [-0.39, 0.29) is 5.91 Å². The van der Waals surface area contributed by atoms with Crippen LogP contribution in [0.15, 0.2) is 41.8 Å². The second-order valence-electron chi connectivity index (χ2n) is 5.46. The number of benzene rings is 1. The van der Waals surface area contributed by atoms with Crippen LogP contribution in [0.2, 0.25) is 0 Å². The van der Waals surface area contributed by atoms with Crippen LogP contribution in [-0.2, 0) is 0 Å². The first-order valence-corrected chi connectivity index (χ1v) is 9.52. The average molecular weight is 426 g/mol. The van der Waals surface area contributed by atoms with Gasteiger partial charge in [-0.2, -0.15) is 0 Å². The van der Waals surface area contributed by atoms with E-state index in [1.807, 2.05) is 24.3 Å². The largest absolute Gasteiger partial charge is 0.350 e. The molecule has 22 heavy (non-hydrogen) atoms. The summed E-state index contributed by atoms with van der Waals surface area (Å²) in [6, 6.07) is 12.3. The Morgan fingerprint density at radius 3 is 2.68 bits per heavy atom. The minimum atomic E-state index is 0.0192. The zero-order valence-corrected chi connectivity index (χ0v) is 15.3. The van der Waals surface area contributed by atoms with Crippen LogP contribution < -0.4 is 5.32 Å². The van der Waals surface area contributed by atoms with Crippen LogP contribution in [0, 0.1) is 3.57 Å². The van der Waals surface area contributed by atoms with Crippen LogP contribution in [-0.4, -0.2) is 30.4 Å². The number of nitrogens with zero attached hydrogens (tertiary/aromatic N) is 1. The average Bonchev–Trinajstić information content (AvgIpc) is 3.21. The van der Waals surface area contributed by atoms with E-state index in [0.717, 1.165) is 22.2 Å². The maximum atomic E-state index is 12.4. The number of likely N-dealkylation sites (tertiary alicyclic amines) is 1. The van der Waals surface area contributed by atoms with Crippen molar-refractivity contribution >= 4 is 39.8 Å². The number of hydrogen-bond acceptors (Lipinski definition) is 3. The maximum Gasteiger partial charge on any atom is 0.252 e. The van der Waals surface area contributed by atoms with Crippen LogP contribution in [0.5, 0.6) is 0 Å². The summed E-state index contributed by atoms with van der Waals surface area (Å²) in [4.78, 5) is 16.2. The normalized spacial score (nSPS) is 16.6. The van der Waals surface area contributed by atoms with Gasteiger partial charge in [0.1, 0.15) is 0 Å². The highest BCUT2D eigenvalue weighted by atomic mass is 127. The van der Waals surface area contributed by atoms with Crippen molar-refractivity contribution in [2.24, 2.45) is 0 Å². The van der Waals surface area contributed by atoms with Crippen molar-refractivity contribution in [1.82, 2.24) is 10.2 Å². The summed E-state index contributed by atoms with van der Waals surface area (Å²) in [6.07, 6.45) is 2.51. The fraction of sp³-hybridized carbons (Fsp3) is 0.353. The smallest absolute Gasteiger partial charge is 0.252 e. The van der Waals surface area contributed by atoms with E-state index in [4.69, 9.17) is 0 Å². The van der Waals surface area contributed by atoms with E-state index in [0.29, 0.717) is 12.6 Å². The van der Waals surface area contributed by atoms with Crippen molar-refractivity contribution in [3.8, 4) is 0 Å². The van der Waals surface area contributed by atoms with E-state index < -0.39 is 0 Å². The second-order valence-corrected chi connectivity index (χ2v) is 7.61. The highest BCUT2D eigenvalue weighted by molar-refractivity contribution is 14.1. The van der Waals surface area contributed by atoms with Crippen LogP contribution in [0.3, 0.4) is 0 Å². The van der Waals surface area contributed by atoms with Crippen LogP contribution in [0.4, 0.5) is 0 Å². The van der Waals surface area contributed by atoms with Crippen LogP contribution in [0.25, 0.3) is 0 Å². The summed E-state index contributed by atoms with van der Waals surface area (Å²) >= 11 is 3.99. The number of carbonyl (C=O) groups is 1. The lowest BCUT2D eigenvalue weighted by molar-refractivity contribution is 0.0937. The fourth-order valence-electron chi connectivity index (χ4n) is 2.87. The second kappa shape index (κ2) is 7.57. The number of nitrogens with one attached hydrogen (secondary N) is 1. The Kier molecular flexibility index (Phi) is 5.49. The topological polar surface area (TPSA) is 32.3 Å². The Morgan fingerprint density at radius 2 is 2.00 bits per heavy atom. The molecule has 5 heteroatoms. The SMILES string of the molecule is O=C(NCC(c1cccs1)N1CCCC1)c1ccccc1I. The Morgan fingerprint density at radius 1 is 1.23 bits per heavy atom. The first-order chi connectivity index (χ1) is 10.8. The van der Waals surface area contributed by atoms with Gasteiger partial charge in [-0.25, -0.2) is 0 Å². The lowest BCUT2D eigenvalue weighted by Crippen LogP contribution is -2.36. The number of carbonyl (C=O) groups excluding carboxylic acids is 1. The Bertz CT molecular complexity index is 623. The van der Waals surface area contributed by atoms with Crippen molar-refractivity contribution in [2.75, 3.05) is 19.6 Å². The summed E-state index contributed by atoms with van der Waals surface area (Å²) in [5.74, 6) is 0.0192. The van der Waals surface area contributed by atoms with Gasteiger partial charge in [-0.3, -0.25) is 9.69 Å². The number of halogens is 1. The molecule has 1 N–H and O–H groups in total. The van der Waals surface area contributed by atoms with Gasteiger partial charge in [0.25, 0.3) is 5.91 Å². The molecule has 1 atom stereocenters. The Labute approximate surface area is 148 Å². The molecule has 1 unspecified atom stereocenters. The lowest BCUT2D eigenvalue weighted by Gasteiger charge is -2.27. The number of rotatable bonds is 5. The predicted octanol–water partition coefficient (Wildman–Crippen LogP) is 3.92. The highest BCUT2D eigenvalue weighted by Gasteiger charge is 2.24. The molecular weight excluding hydrogens is 407 g/mol. The summed E-state index contributed by atoms with van der Waals surface area (Å²) in [5.41, 5.74) is 0.759. The van der Waals surface area contributed by atoms with E-state index in [2.05, 4.69) is 50.3 Å². The van der Waals surface area contributed by atoms with Crippen LogP contribution in [0.1, 0.15) is 34.1 Å². The molecule has 1 fully saturated rings. The Balaban J connectivity index is 1.69. The quantitative estimate of drug-likeness (QED) is 0.736. The van der Waals surface area contributed by atoms with Gasteiger partial charge < -0.3 is 5.32 Å². The molecule has 2 aromatic rings. The Hall–Kier alpha value is -0.920. The molecule has 3 rings (SSSR count). The van der Waals surface area contributed by atoms with Gasteiger partial charge in [-0.1, -0.05) is 18.2 Å². The van der Waals surface area contributed by atoms with Gasteiger partial charge in [0.05, 0.1) is 11.6 Å². The van der Waals surface area contributed by atoms with E-state index >= 15 is 0 Å². The molecule has 2 heterocycles. The van der Waals surface area contributed by atoms with Crippen molar-refractivity contribution in [1.29, 1.82) is 0 Å². The molecule has 3 nitrogen and oxygen atoms in total. The zero-order chi connectivity index (χ0) is 15.4. The van der Waals surface area contributed by atoms with Crippen molar-refractivity contribution in [3.63, 3.8) is 0 Å². The molecule has 1 aliphatic heterocycles. The number of amides is 1. The van der Waals surface area contributed by atoms with Crippen molar-refractivity contribution in [3.05, 3.63) is 55.8 Å². The molecule has 1 aliphatic rings. The molecule has 1 saturated heterocycles. The third kappa shape index (κ3) is 3.70. The van der Waals surface area contributed by atoms with Gasteiger partial charge in [0.15, 0.2) is 0 Å². The monoisotopic (exact) mass is 426 g/mol. The minimum Gasteiger partial charge on any atom is -0.350 e. The number of thiophene rings is 1. The summed E-state index contributed by atoms with van der Waals surface area (Å²) in [5, 5.41) is 5.24. The van der Waals surface area contributed by atoms with Gasteiger partial charge in [0.2, 0.25) is 0 Å². The van der Waals surface area contributed by atoms with Crippen LogP contribution >= 0.6 is 33.9 Å². The molecule has 0 spiro atoms. The van der Waals surface area contributed by atoms with Gasteiger partial charge in [-0.05, 0) is 72.1 Å². The molecule has 0 aliphatic carbocycles. The molecular formula is C17H19IN2OS. The molecule has 0 radical (unpaired) electrons. The van der Waals surface area contributed by atoms with Crippen molar-refractivity contribution in [2.45, 2.75) is 18.9 Å². The van der Waals surface area contributed by atoms with Gasteiger partial charge >= 0.3 is 0 Å².